The fourth-order valence-electron chi connectivity index (χ4n) is 3.69. The van der Waals surface area contributed by atoms with Gasteiger partial charge in [0.15, 0.2) is 0 Å². The number of nitrogens with zero attached hydrogens (tertiary/aromatic N) is 5. The van der Waals surface area contributed by atoms with Crippen LogP contribution in [0.15, 0.2) is 61.4 Å². The van der Waals surface area contributed by atoms with E-state index in [0.29, 0.717) is 6.54 Å². The number of benzene rings is 1. The molecular formula is C22H26N6O. The van der Waals surface area contributed by atoms with E-state index in [-0.39, 0.29) is 11.8 Å². The smallest absolute Gasteiger partial charge is 0.223 e. The molecule has 0 bridgehead atoms. The van der Waals surface area contributed by atoms with Gasteiger partial charge >= 0.3 is 0 Å². The molecule has 29 heavy (non-hydrogen) atoms. The lowest BCUT2D eigenvalue weighted by molar-refractivity contribution is -0.125. The van der Waals surface area contributed by atoms with Crippen LogP contribution >= 0.6 is 0 Å². The third-order valence-electron chi connectivity index (χ3n) is 5.36. The largest absolute Gasteiger partial charge is 0.356 e. The molecule has 2 aromatic heterocycles. The highest BCUT2D eigenvalue weighted by molar-refractivity contribution is 5.79. The van der Waals surface area contributed by atoms with Crippen molar-refractivity contribution < 1.29 is 4.79 Å². The first-order valence-electron chi connectivity index (χ1n) is 10.2. The Kier molecular flexibility index (Phi) is 6.14. The van der Waals surface area contributed by atoms with Crippen molar-refractivity contribution >= 4 is 11.7 Å². The number of nitrogens with one attached hydrogen (secondary N) is 1. The monoisotopic (exact) mass is 390 g/mol. The normalized spacial score (nSPS) is 14.7. The second-order valence-electron chi connectivity index (χ2n) is 7.33. The topological polar surface area (TPSA) is 75.9 Å². The summed E-state index contributed by atoms with van der Waals surface area (Å²) in [5.41, 5.74) is 2.01. The van der Waals surface area contributed by atoms with Gasteiger partial charge in [0.05, 0.1) is 12.0 Å². The lowest BCUT2D eigenvalue weighted by Crippen LogP contribution is -2.41. The number of imidazole rings is 1. The summed E-state index contributed by atoms with van der Waals surface area (Å²) >= 11 is 0. The fourth-order valence-corrected chi connectivity index (χ4v) is 3.69. The first kappa shape index (κ1) is 19.1. The number of anilines is 1. The van der Waals surface area contributed by atoms with Crippen LogP contribution in [0.1, 0.15) is 19.3 Å². The number of amides is 1. The molecule has 7 heteroatoms. The van der Waals surface area contributed by atoms with Crippen molar-refractivity contribution in [2.75, 3.05) is 24.5 Å². The number of aromatic nitrogens is 4. The minimum absolute atomic E-state index is 0.0786. The Bertz CT molecular complexity index is 904. The molecule has 0 spiro atoms. The minimum atomic E-state index is 0.0786. The van der Waals surface area contributed by atoms with E-state index in [1.165, 1.54) is 0 Å². The third kappa shape index (κ3) is 4.99. The molecule has 1 fully saturated rings. The highest BCUT2D eigenvalue weighted by Crippen LogP contribution is 2.25. The molecule has 1 aromatic carbocycles. The maximum Gasteiger partial charge on any atom is 0.223 e. The number of aryl methyl sites for hydroxylation is 1. The van der Waals surface area contributed by atoms with E-state index in [4.69, 9.17) is 0 Å². The van der Waals surface area contributed by atoms with Gasteiger partial charge in [-0.3, -0.25) is 4.79 Å². The molecule has 7 nitrogen and oxygen atoms in total. The van der Waals surface area contributed by atoms with Gasteiger partial charge in [-0.2, -0.15) is 0 Å². The van der Waals surface area contributed by atoms with Crippen molar-refractivity contribution in [3.63, 3.8) is 0 Å². The van der Waals surface area contributed by atoms with E-state index in [1.807, 2.05) is 35.0 Å². The van der Waals surface area contributed by atoms with Crippen LogP contribution < -0.4 is 10.2 Å². The Labute approximate surface area is 170 Å². The number of rotatable bonds is 7. The molecule has 4 rings (SSSR count). The van der Waals surface area contributed by atoms with Gasteiger partial charge in [0.1, 0.15) is 12.1 Å². The molecule has 0 saturated carbocycles. The van der Waals surface area contributed by atoms with Crippen molar-refractivity contribution in [3.05, 3.63) is 61.4 Å². The van der Waals surface area contributed by atoms with Gasteiger partial charge in [-0.15, -0.1) is 0 Å². The van der Waals surface area contributed by atoms with Gasteiger partial charge < -0.3 is 14.8 Å². The van der Waals surface area contributed by atoms with Crippen LogP contribution in [-0.4, -0.2) is 45.1 Å². The van der Waals surface area contributed by atoms with Crippen LogP contribution in [0, 0.1) is 5.92 Å². The number of carbonyl (C=O) groups excluding carboxylic acids is 1. The molecule has 3 heterocycles. The van der Waals surface area contributed by atoms with Crippen LogP contribution in [0.2, 0.25) is 0 Å². The van der Waals surface area contributed by atoms with Gasteiger partial charge in [0.2, 0.25) is 5.91 Å². The maximum atomic E-state index is 12.5. The summed E-state index contributed by atoms with van der Waals surface area (Å²) in [6.45, 7) is 3.23. The lowest BCUT2D eigenvalue weighted by atomic mass is 9.96. The summed E-state index contributed by atoms with van der Waals surface area (Å²) in [5.74, 6) is 1.18. The molecule has 0 aliphatic carbocycles. The van der Waals surface area contributed by atoms with E-state index in [2.05, 4.69) is 37.3 Å². The summed E-state index contributed by atoms with van der Waals surface area (Å²) < 4.78 is 2.02. The molecule has 1 saturated heterocycles. The number of hydrogen-bond donors (Lipinski definition) is 1. The minimum Gasteiger partial charge on any atom is -0.356 e. The average molecular weight is 390 g/mol. The first-order chi connectivity index (χ1) is 14.3. The molecular weight excluding hydrogens is 364 g/mol. The second-order valence-corrected chi connectivity index (χ2v) is 7.33. The highest BCUT2D eigenvalue weighted by Gasteiger charge is 2.25. The lowest BCUT2D eigenvalue weighted by Gasteiger charge is -2.32. The SMILES string of the molecule is O=C(NCCCn1ccnc1)C1CCN(c2cc(-c3ccccc3)ncn2)CC1. The summed E-state index contributed by atoms with van der Waals surface area (Å²) in [5, 5.41) is 3.08. The maximum absolute atomic E-state index is 12.5. The van der Waals surface area contributed by atoms with Crippen molar-refractivity contribution in [1.29, 1.82) is 0 Å². The fraction of sp³-hybridized carbons (Fsp3) is 0.364. The molecule has 1 amide bonds. The standard InChI is InChI=1S/C22H26N6O/c29-22(24-9-4-11-27-14-10-23-17-27)19-7-12-28(13-8-19)21-15-20(25-16-26-21)18-5-2-1-3-6-18/h1-3,5-6,10,14-17,19H,4,7-9,11-13H2,(H,24,29). The first-order valence-corrected chi connectivity index (χ1v) is 10.2. The van der Waals surface area contributed by atoms with Crippen LogP contribution in [0.4, 0.5) is 5.82 Å². The Hall–Kier alpha value is -3.22. The van der Waals surface area contributed by atoms with E-state index in [9.17, 15) is 4.79 Å². The number of hydrogen-bond acceptors (Lipinski definition) is 5. The molecule has 150 valence electrons. The summed E-state index contributed by atoms with van der Waals surface area (Å²) in [6, 6.07) is 12.2. The van der Waals surface area contributed by atoms with E-state index in [1.54, 1.807) is 18.9 Å². The van der Waals surface area contributed by atoms with Crippen molar-refractivity contribution in [3.8, 4) is 11.3 Å². The van der Waals surface area contributed by atoms with Crippen molar-refractivity contribution in [2.45, 2.75) is 25.8 Å². The Morgan fingerprint density at radius 2 is 1.97 bits per heavy atom. The number of carbonyl (C=O) groups is 1. The zero-order valence-electron chi connectivity index (χ0n) is 16.4. The number of piperidine rings is 1. The van der Waals surface area contributed by atoms with Gasteiger partial charge in [-0.25, -0.2) is 15.0 Å². The molecule has 0 unspecified atom stereocenters. The van der Waals surface area contributed by atoms with Gasteiger partial charge in [-0.1, -0.05) is 30.3 Å². The molecule has 0 radical (unpaired) electrons. The van der Waals surface area contributed by atoms with Crippen LogP contribution in [0.3, 0.4) is 0 Å². The highest BCUT2D eigenvalue weighted by atomic mass is 16.1. The zero-order chi connectivity index (χ0) is 19.9. The predicted molar refractivity (Wildman–Crippen MR) is 112 cm³/mol. The summed E-state index contributed by atoms with van der Waals surface area (Å²) in [4.78, 5) is 27.6. The van der Waals surface area contributed by atoms with E-state index < -0.39 is 0 Å². The van der Waals surface area contributed by atoms with Crippen LogP contribution in [-0.2, 0) is 11.3 Å². The van der Waals surface area contributed by atoms with Crippen LogP contribution in [0.25, 0.3) is 11.3 Å². The molecule has 1 aliphatic rings. The molecule has 3 aromatic rings. The summed E-state index contributed by atoms with van der Waals surface area (Å²) in [6.07, 6.45) is 9.73. The molecule has 0 atom stereocenters. The Morgan fingerprint density at radius 3 is 2.72 bits per heavy atom. The Balaban J connectivity index is 1.25. The molecule has 1 N–H and O–H groups in total. The average Bonchev–Trinajstić information content (AvgIpc) is 3.31. The van der Waals surface area contributed by atoms with Crippen molar-refractivity contribution in [2.24, 2.45) is 5.92 Å². The van der Waals surface area contributed by atoms with Crippen molar-refractivity contribution in [1.82, 2.24) is 24.8 Å². The predicted octanol–water partition coefficient (Wildman–Crippen LogP) is 2.76. The third-order valence-corrected chi connectivity index (χ3v) is 5.36. The van der Waals surface area contributed by atoms with Gasteiger partial charge in [0, 0.05) is 56.1 Å². The van der Waals surface area contributed by atoms with Gasteiger partial charge in [-0.05, 0) is 19.3 Å². The second kappa shape index (κ2) is 9.32. The van der Waals surface area contributed by atoms with E-state index in [0.717, 1.165) is 56.0 Å². The van der Waals surface area contributed by atoms with Crippen LogP contribution in [0.5, 0.6) is 0 Å². The quantitative estimate of drug-likeness (QED) is 0.628. The Morgan fingerprint density at radius 1 is 1.14 bits per heavy atom. The zero-order valence-corrected chi connectivity index (χ0v) is 16.4. The van der Waals surface area contributed by atoms with Gasteiger partial charge in [0.25, 0.3) is 0 Å². The molecule has 1 aliphatic heterocycles. The summed E-state index contributed by atoms with van der Waals surface area (Å²) in [7, 11) is 0. The van der Waals surface area contributed by atoms with E-state index >= 15 is 0 Å².